The second-order valence-electron chi connectivity index (χ2n) is 7.64. The first-order valence-electron chi connectivity index (χ1n) is 10.4. The Morgan fingerprint density at radius 2 is 1.87 bits per heavy atom. The lowest BCUT2D eigenvalue weighted by Crippen LogP contribution is -2.30. The standard InChI is InChI=1S/C24H27N3O3/c1-4-16-7-9-17(10-8-16)15-25-24(29)23-22(27-13-5-6-21(27)28)19-14-18(30-3)11-12-20(19)26(23)2/h7-12,14H,4-6,13,15H2,1-3H3,(H,25,29). The van der Waals surface area contributed by atoms with Crippen molar-refractivity contribution >= 4 is 28.4 Å². The number of rotatable bonds is 6. The molecule has 1 saturated heterocycles. The van der Waals surface area contributed by atoms with Crippen molar-refractivity contribution < 1.29 is 14.3 Å². The zero-order valence-corrected chi connectivity index (χ0v) is 17.7. The van der Waals surface area contributed by atoms with E-state index < -0.39 is 0 Å². The number of ether oxygens (including phenoxy) is 1. The van der Waals surface area contributed by atoms with Crippen molar-refractivity contribution in [2.75, 3.05) is 18.6 Å². The first-order valence-corrected chi connectivity index (χ1v) is 10.4. The van der Waals surface area contributed by atoms with Crippen LogP contribution in [0.25, 0.3) is 10.9 Å². The van der Waals surface area contributed by atoms with Gasteiger partial charge in [0.1, 0.15) is 11.4 Å². The van der Waals surface area contributed by atoms with Gasteiger partial charge in [0.25, 0.3) is 5.91 Å². The Bertz CT molecular complexity index is 1100. The smallest absolute Gasteiger partial charge is 0.270 e. The molecule has 2 amide bonds. The zero-order chi connectivity index (χ0) is 21.3. The van der Waals surface area contributed by atoms with E-state index in [1.807, 2.05) is 41.9 Å². The second-order valence-corrected chi connectivity index (χ2v) is 7.64. The maximum atomic E-state index is 13.3. The van der Waals surface area contributed by atoms with E-state index in [4.69, 9.17) is 4.74 Å². The minimum absolute atomic E-state index is 0.0505. The molecule has 6 heteroatoms. The zero-order valence-electron chi connectivity index (χ0n) is 17.7. The van der Waals surface area contributed by atoms with Crippen LogP contribution in [0.5, 0.6) is 5.75 Å². The fraction of sp³-hybridized carbons (Fsp3) is 0.333. The average molecular weight is 405 g/mol. The van der Waals surface area contributed by atoms with Crippen LogP contribution in [0, 0.1) is 0 Å². The fourth-order valence-electron chi connectivity index (χ4n) is 4.11. The van der Waals surface area contributed by atoms with E-state index in [1.54, 1.807) is 12.0 Å². The van der Waals surface area contributed by atoms with Crippen molar-refractivity contribution in [3.05, 3.63) is 59.3 Å². The van der Waals surface area contributed by atoms with Crippen LogP contribution in [-0.4, -0.2) is 30.0 Å². The molecule has 156 valence electrons. The highest BCUT2D eigenvalue weighted by atomic mass is 16.5. The predicted octanol–water partition coefficient (Wildman–Crippen LogP) is 3.81. The third-order valence-electron chi connectivity index (χ3n) is 5.82. The van der Waals surface area contributed by atoms with Crippen LogP contribution in [-0.2, 0) is 24.8 Å². The van der Waals surface area contributed by atoms with Crippen LogP contribution in [0.15, 0.2) is 42.5 Å². The van der Waals surface area contributed by atoms with Crippen LogP contribution in [0.3, 0.4) is 0 Å². The number of fused-ring (bicyclic) bond motifs is 1. The van der Waals surface area contributed by atoms with E-state index in [1.165, 1.54) is 5.56 Å². The first-order chi connectivity index (χ1) is 14.5. The molecule has 1 aliphatic rings. The summed E-state index contributed by atoms with van der Waals surface area (Å²) < 4.78 is 7.25. The number of amides is 2. The summed E-state index contributed by atoms with van der Waals surface area (Å²) in [5.41, 5.74) is 4.37. The molecular formula is C24H27N3O3. The molecule has 6 nitrogen and oxygen atoms in total. The molecule has 3 aromatic rings. The monoisotopic (exact) mass is 405 g/mol. The molecule has 0 saturated carbocycles. The Kier molecular flexibility index (Phi) is 5.48. The normalized spacial score (nSPS) is 13.8. The number of methoxy groups -OCH3 is 1. The van der Waals surface area contributed by atoms with Crippen molar-refractivity contribution in [3.63, 3.8) is 0 Å². The van der Waals surface area contributed by atoms with Gasteiger partial charge in [0.05, 0.1) is 18.3 Å². The van der Waals surface area contributed by atoms with Crippen molar-refractivity contribution in [2.45, 2.75) is 32.7 Å². The summed E-state index contributed by atoms with van der Waals surface area (Å²) in [5.74, 6) is 0.556. The van der Waals surface area contributed by atoms with Gasteiger partial charge in [0, 0.05) is 31.9 Å². The SMILES string of the molecule is CCc1ccc(CNC(=O)c2c(N3CCCC3=O)c3cc(OC)ccc3n2C)cc1. The van der Waals surface area contributed by atoms with Gasteiger partial charge in [-0.25, -0.2) is 0 Å². The fourth-order valence-corrected chi connectivity index (χ4v) is 4.11. The Hall–Kier alpha value is -3.28. The van der Waals surface area contributed by atoms with Crippen LogP contribution in [0.1, 0.15) is 41.4 Å². The highest BCUT2D eigenvalue weighted by molar-refractivity contribution is 6.14. The number of hydrogen-bond acceptors (Lipinski definition) is 3. The summed E-state index contributed by atoms with van der Waals surface area (Å²) in [4.78, 5) is 27.6. The topological polar surface area (TPSA) is 63.6 Å². The van der Waals surface area contributed by atoms with Gasteiger partial charge in [0.15, 0.2) is 0 Å². The van der Waals surface area contributed by atoms with Gasteiger partial charge in [-0.1, -0.05) is 31.2 Å². The van der Waals surface area contributed by atoms with Gasteiger partial charge < -0.3 is 19.5 Å². The minimum atomic E-state index is -0.193. The summed E-state index contributed by atoms with van der Waals surface area (Å²) in [5, 5.41) is 3.88. The molecule has 2 aromatic carbocycles. The molecule has 0 unspecified atom stereocenters. The number of aromatic nitrogens is 1. The maximum Gasteiger partial charge on any atom is 0.270 e. The second kappa shape index (κ2) is 8.22. The molecule has 30 heavy (non-hydrogen) atoms. The molecule has 2 heterocycles. The molecule has 1 N–H and O–H groups in total. The summed E-state index contributed by atoms with van der Waals surface area (Å²) in [6.07, 6.45) is 2.29. The highest BCUT2D eigenvalue weighted by Crippen LogP contribution is 2.37. The average Bonchev–Trinajstić information content (AvgIpc) is 3.32. The Morgan fingerprint density at radius 3 is 2.50 bits per heavy atom. The van der Waals surface area contributed by atoms with Gasteiger partial charge in [-0.15, -0.1) is 0 Å². The van der Waals surface area contributed by atoms with Crippen LogP contribution in [0.2, 0.25) is 0 Å². The van der Waals surface area contributed by atoms with E-state index in [9.17, 15) is 9.59 Å². The quantitative estimate of drug-likeness (QED) is 0.678. The van der Waals surface area contributed by atoms with Crippen molar-refractivity contribution in [1.29, 1.82) is 0 Å². The molecule has 1 aliphatic heterocycles. The molecule has 0 atom stereocenters. The molecule has 1 aromatic heterocycles. The van der Waals surface area contributed by atoms with Crippen LogP contribution < -0.4 is 15.0 Å². The lowest BCUT2D eigenvalue weighted by molar-refractivity contribution is -0.117. The van der Waals surface area contributed by atoms with Gasteiger partial charge in [-0.2, -0.15) is 0 Å². The molecule has 0 radical (unpaired) electrons. The molecule has 4 rings (SSSR count). The Labute approximate surface area is 176 Å². The lowest BCUT2D eigenvalue weighted by atomic mass is 10.1. The number of benzene rings is 2. The van der Waals surface area contributed by atoms with Gasteiger partial charge in [-0.3, -0.25) is 9.59 Å². The lowest BCUT2D eigenvalue weighted by Gasteiger charge is -2.18. The molecule has 0 aliphatic carbocycles. The van der Waals surface area contributed by atoms with E-state index in [0.29, 0.717) is 36.6 Å². The summed E-state index contributed by atoms with van der Waals surface area (Å²) >= 11 is 0. The number of carbonyl (C=O) groups excluding carboxylic acids is 2. The predicted molar refractivity (Wildman–Crippen MR) is 118 cm³/mol. The van der Waals surface area contributed by atoms with E-state index in [-0.39, 0.29) is 11.8 Å². The maximum absolute atomic E-state index is 13.3. The third kappa shape index (κ3) is 3.54. The van der Waals surface area contributed by atoms with Crippen molar-refractivity contribution in [2.24, 2.45) is 7.05 Å². The summed E-state index contributed by atoms with van der Waals surface area (Å²) in [6, 6.07) is 13.9. The van der Waals surface area contributed by atoms with Crippen LogP contribution in [0.4, 0.5) is 5.69 Å². The van der Waals surface area contributed by atoms with E-state index >= 15 is 0 Å². The highest BCUT2D eigenvalue weighted by Gasteiger charge is 2.31. The molecule has 0 spiro atoms. The van der Waals surface area contributed by atoms with E-state index in [0.717, 1.165) is 29.3 Å². The first kappa shape index (κ1) is 20.0. The molecule has 1 fully saturated rings. The molecule has 0 bridgehead atoms. The van der Waals surface area contributed by atoms with E-state index in [2.05, 4.69) is 24.4 Å². The number of hydrogen-bond donors (Lipinski definition) is 1. The van der Waals surface area contributed by atoms with Crippen molar-refractivity contribution in [3.8, 4) is 5.75 Å². The van der Waals surface area contributed by atoms with Crippen molar-refractivity contribution in [1.82, 2.24) is 9.88 Å². The Balaban J connectivity index is 1.71. The molecular weight excluding hydrogens is 378 g/mol. The van der Waals surface area contributed by atoms with Gasteiger partial charge in [0.2, 0.25) is 5.91 Å². The van der Waals surface area contributed by atoms with Crippen LogP contribution >= 0.6 is 0 Å². The van der Waals surface area contributed by atoms with Gasteiger partial charge in [-0.05, 0) is 42.2 Å². The summed E-state index contributed by atoms with van der Waals surface area (Å²) in [7, 11) is 3.48. The summed E-state index contributed by atoms with van der Waals surface area (Å²) in [6.45, 7) is 3.17. The number of anilines is 1. The number of aryl methyl sites for hydroxylation is 2. The largest absolute Gasteiger partial charge is 0.497 e. The van der Waals surface area contributed by atoms with Gasteiger partial charge >= 0.3 is 0 Å². The minimum Gasteiger partial charge on any atom is -0.497 e. The number of nitrogens with one attached hydrogen (secondary N) is 1. The number of nitrogens with zero attached hydrogens (tertiary/aromatic N) is 2. The third-order valence-corrected chi connectivity index (χ3v) is 5.82. The number of carbonyl (C=O) groups is 2. The Morgan fingerprint density at radius 1 is 1.13 bits per heavy atom.